The number of nitrogens with one attached hydrogen (secondary N) is 2. The van der Waals surface area contributed by atoms with Gasteiger partial charge in [-0.1, -0.05) is 30.3 Å². The van der Waals surface area contributed by atoms with Crippen molar-refractivity contribution in [2.24, 2.45) is 0 Å². The van der Waals surface area contributed by atoms with Gasteiger partial charge in [0.1, 0.15) is 0 Å². The van der Waals surface area contributed by atoms with Gasteiger partial charge in [-0.05, 0) is 60.2 Å². The molecule has 1 fully saturated rings. The number of H-pyrrole nitrogens is 1. The average molecular weight is 389 g/mol. The van der Waals surface area contributed by atoms with Crippen LogP contribution in [0.1, 0.15) is 18.4 Å². The molecule has 0 bridgehead atoms. The molecule has 142 valence electrons. The maximum atomic E-state index is 4.11. The van der Waals surface area contributed by atoms with Gasteiger partial charge >= 0.3 is 0 Å². The molecule has 28 heavy (non-hydrogen) atoms. The molecule has 1 atom stereocenters. The van der Waals surface area contributed by atoms with E-state index in [1.807, 2.05) is 6.20 Å². The van der Waals surface area contributed by atoms with Crippen LogP contribution in [0.25, 0.3) is 21.3 Å². The molecule has 0 aliphatic carbocycles. The number of rotatable bonds is 5. The zero-order valence-electron chi connectivity index (χ0n) is 15.8. The van der Waals surface area contributed by atoms with Gasteiger partial charge in [-0.2, -0.15) is 5.10 Å². The highest BCUT2D eigenvalue weighted by atomic mass is 32.1. The molecule has 0 radical (unpaired) electrons. The number of thiophene rings is 1. The fraction of sp³-hybridized carbons (Fsp3) is 0.261. The predicted molar refractivity (Wildman–Crippen MR) is 118 cm³/mol. The highest BCUT2D eigenvalue weighted by Gasteiger charge is 2.20. The third-order valence-corrected chi connectivity index (χ3v) is 6.40. The van der Waals surface area contributed by atoms with Gasteiger partial charge in [0.15, 0.2) is 0 Å². The summed E-state index contributed by atoms with van der Waals surface area (Å²) in [6, 6.07) is 20.3. The Morgan fingerprint density at radius 3 is 2.93 bits per heavy atom. The molecule has 4 aromatic rings. The third-order valence-electron chi connectivity index (χ3n) is 5.48. The molecule has 0 saturated carbocycles. The van der Waals surface area contributed by atoms with Crippen LogP contribution < -0.4 is 5.32 Å². The van der Waals surface area contributed by atoms with Gasteiger partial charge in [0, 0.05) is 35.1 Å². The molecule has 5 rings (SSSR count). The van der Waals surface area contributed by atoms with Crippen molar-refractivity contribution in [3.63, 3.8) is 0 Å². The number of fused-ring (bicyclic) bond motifs is 1. The minimum Gasteiger partial charge on any atom is -0.381 e. The third kappa shape index (κ3) is 3.81. The lowest BCUT2D eigenvalue weighted by Gasteiger charge is -2.33. The fourth-order valence-electron chi connectivity index (χ4n) is 4.06. The van der Waals surface area contributed by atoms with Crippen molar-refractivity contribution in [2.75, 3.05) is 18.4 Å². The van der Waals surface area contributed by atoms with E-state index in [4.69, 9.17) is 0 Å². The van der Waals surface area contributed by atoms with E-state index >= 15 is 0 Å². The van der Waals surface area contributed by atoms with Crippen LogP contribution in [0.3, 0.4) is 0 Å². The Hall–Kier alpha value is -2.63. The van der Waals surface area contributed by atoms with Crippen molar-refractivity contribution in [1.82, 2.24) is 15.1 Å². The maximum Gasteiger partial charge on any atom is 0.0651 e. The average Bonchev–Trinajstić information content (AvgIpc) is 3.41. The van der Waals surface area contributed by atoms with Crippen molar-refractivity contribution in [1.29, 1.82) is 0 Å². The minimum atomic E-state index is 0.489. The summed E-state index contributed by atoms with van der Waals surface area (Å²) in [6.07, 6.45) is 4.34. The molecule has 2 aromatic carbocycles. The summed E-state index contributed by atoms with van der Waals surface area (Å²) in [5.41, 5.74) is 4.97. The van der Waals surface area contributed by atoms with Crippen LogP contribution in [-0.2, 0) is 6.54 Å². The molecule has 0 spiro atoms. The van der Waals surface area contributed by atoms with E-state index in [1.54, 1.807) is 11.3 Å². The second-order valence-electron chi connectivity index (χ2n) is 7.56. The Kier molecular flexibility index (Phi) is 4.85. The highest BCUT2D eigenvalue weighted by Crippen LogP contribution is 2.26. The first-order chi connectivity index (χ1) is 13.8. The molecular weight excluding hydrogens is 364 g/mol. The monoisotopic (exact) mass is 388 g/mol. The number of hydrogen-bond acceptors (Lipinski definition) is 4. The first-order valence-electron chi connectivity index (χ1n) is 9.88. The van der Waals surface area contributed by atoms with E-state index in [0.29, 0.717) is 6.04 Å². The molecule has 1 aliphatic rings. The summed E-state index contributed by atoms with van der Waals surface area (Å²) in [7, 11) is 0. The quantitative estimate of drug-likeness (QED) is 0.483. The lowest BCUT2D eigenvalue weighted by Crippen LogP contribution is -2.41. The smallest absolute Gasteiger partial charge is 0.0651 e. The Bertz CT molecular complexity index is 1040. The van der Waals surface area contributed by atoms with Gasteiger partial charge in [-0.15, -0.1) is 11.3 Å². The van der Waals surface area contributed by atoms with E-state index in [9.17, 15) is 0 Å². The van der Waals surface area contributed by atoms with Crippen LogP contribution in [0.4, 0.5) is 5.69 Å². The lowest BCUT2D eigenvalue weighted by molar-refractivity contribution is 0.208. The Morgan fingerprint density at radius 1 is 1.14 bits per heavy atom. The SMILES string of the molecule is c1csc(-c2ccc(CN3CCCC(Nc4ccc5[nH]ncc5c4)C3)cc2)c1. The number of nitrogens with zero attached hydrogens (tertiary/aromatic N) is 2. The standard InChI is InChI=1S/C23H24N4S/c1-3-21(25-20-9-10-22-19(13-20)14-24-26-22)16-27(11-1)15-17-5-7-18(8-6-17)23-4-2-12-28-23/h2,4-10,12-14,21,25H,1,3,11,15-16H2,(H,24,26). The topological polar surface area (TPSA) is 44.0 Å². The van der Waals surface area contributed by atoms with Crippen LogP contribution in [0.2, 0.25) is 0 Å². The normalized spacial score (nSPS) is 17.8. The molecule has 3 heterocycles. The molecule has 1 unspecified atom stereocenters. The van der Waals surface area contributed by atoms with Crippen LogP contribution in [0, 0.1) is 0 Å². The number of likely N-dealkylation sites (tertiary alicyclic amines) is 1. The number of anilines is 1. The van der Waals surface area contributed by atoms with E-state index in [2.05, 4.69) is 80.4 Å². The van der Waals surface area contributed by atoms with Crippen molar-refractivity contribution < 1.29 is 0 Å². The molecule has 5 heteroatoms. The van der Waals surface area contributed by atoms with Crippen molar-refractivity contribution in [3.05, 3.63) is 71.7 Å². The molecule has 0 amide bonds. The van der Waals surface area contributed by atoms with Crippen molar-refractivity contribution in [2.45, 2.75) is 25.4 Å². The molecule has 4 nitrogen and oxygen atoms in total. The van der Waals surface area contributed by atoms with Gasteiger partial charge in [0.05, 0.1) is 11.7 Å². The summed E-state index contributed by atoms with van der Waals surface area (Å²) in [5, 5.41) is 14.1. The van der Waals surface area contributed by atoms with E-state index < -0.39 is 0 Å². The summed E-state index contributed by atoms with van der Waals surface area (Å²) in [4.78, 5) is 3.90. The van der Waals surface area contributed by atoms with E-state index in [0.717, 1.165) is 24.0 Å². The summed E-state index contributed by atoms with van der Waals surface area (Å²) in [5.74, 6) is 0. The Balaban J connectivity index is 1.21. The van der Waals surface area contributed by atoms with Crippen molar-refractivity contribution in [3.8, 4) is 10.4 Å². The zero-order valence-corrected chi connectivity index (χ0v) is 16.6. The fourth-order valence-corrected chi connectivity index (χ4v) is 4.79. The maximum absolute atomic E-state index is 4.11. The lowest BCUT2D eigenvalue weighted by atomic mass is 10.0. The predicted octanol–water partition coefficient (Wildman–Crippen LogP) is 5.37. The van der Waals surface area contributed by atoms with Crippen LogP contribution in [0.5, 0.6) is 0 Å². The number of benzene rings is 2. The zero-order chi connectivity index (χ0) is 18.8. The number of piperidine rings is 1. The largest absolute Gasteiger partial charge is 0.381 e. The number of hydrogen-bond donors (Lipinski definition) is 2. The van der Waals surface area contributed by atoms with Gasteiger partial charge < -0.3 is 5.32 Å². The molecule has 2 aromatic heterocycles. The van der Waals surface area contributed by atoms with Crippen molar-refractivity contribution >= 4 is 27.9 Å². The first-order valence-corrected chi connectivity index (χ1v) is 10.8. The molecular formula is C23H24N4S. The summed E-state index contributed by atoms with van der Waals surface area (Å²) < 4.78 is 0. The van der Waals surface area contributed by atoms with Gasteiger partial charge in [0.25, 0.3) is 0 Å². The van der Waals surface area contributed by atoms with Gasteiger partial charge in [-0.3, -0.25) is 10.00 Å². The Labute approximate surface area is 169 Å². The summed E-state index contributed by atoms with van der Waals surface area (Å²) >= 11 is 1.80. The Morgan fingerprint density at radius 2 is 2.07 bits per heavy atom. The minimum absolute atomic E-state index is 0.489. The summed E-state index contributed by atoms with van der Waals surface area (Å²) in [6.45, 7) is 3.27. The van der Waals surface area contributed by atoms with Crippen LogP contribution in [-0.4, -0.2) is 34.2 Å². The van der Waals surface area contributed by atoms with Crippen LogP contribution >= 0.6 is 11.3 Å². The molecule has 1 aliphatic heterocycles. The molecule has 2 N–H and O–H groups in total. The van der Waals surface area contributed by atoms with E-state index in [1.165, 1.54) is 41.1 Å². The number of aromatic nitrogens is 2. The van der Waals surface area contributed by atoms with Gasteiger partial charge in [-0.25, -0.2) is 0 Å². The van der Waals surface area contributed by atoms with Gasteiger partial charge in [0.2, 0.25) is 0 Å². The van der Waals surface area contributed by atoms with Crippen LogP contribution in [0.15, 0.2) is 66.2 Å². The first kappa shape index (κ1) is 17.5. The molecule has 1 saturated heterocycles. The van der Waals surface area contributed by atoms with E-state index in [-0.39, 0.29) is 0 Å². The second-order valence-corrected chi connectivity index (χ2v) is 8.51. The number of aromatic amines is 1. The highest BCUT2D eigenvalue weighted by molar-refractivity contribution is 7.13. The second kappa shape index (κ2) is 7.78.